The Bertz CT molecular complexity index is 280. The molecule has 0 aliphatic carbocycles. The Morgan fingerprint density at radius 1 is 1.25 bits per heavy atom. The lowest BCUT2D eigenvalue weighted by molar-refractivity contribution is 0.906. The normalized spacial score (nSPS) is 13.1. The van der Waals surface area contributed by atoms with E-state index in [1.54, 1.807) is 6.92 Å². The predicted octanol–water partition coefficient (Wildman–Crippen LogP) is 3.85. The number of alkyl halides is 1. The summed E-state index contributed by atoms with van der Waals surface area (Å²) in [5, 5.41) is 0.253. The Morgan fingerprint density at radius 3 is 2.00 bits per heavy atom. The summed E-state index contributed by atoms with van der Waals surface area (Å²) < 4.78 is 0.493. The first-order valence-corrected chi connectivity index (χ1v) is 5.03. The zero-order valence-corrected chi connectivity index (χ0v) is 9.84. The maximum atomic E-state index is 5.74. The van der Waals surface area contributed by atoms with Crippen molar-refractivity contribution in [3.8, 4) is 0 Å². The van der Waals surface area contributed by atoms with Gasteiger partial charge in [-0.15, -0.1) is 11.6 Å². The highest BCUT2D eigenvalue weighted by Crippen LogP contribution is 2.29. The van der Waals surface area contributed by atoms with E-state index in [-0.39, 0.29) is 15.7 Å². The minimum atomic E-state index is -0.298. The molecule has 12 heavy (non-hydrogen) atoms. The van der Waals surface area contributed by atoms with Crippen LogP contribution in [0, 0.1) is 0 Å². The molecule has 2 nitrogen and oxygen atoms in total. The van der Waals surface area contributed by atoms with Crippen molar-refractivity contribution in [3.05, 3.63) is 20.6 Å². The molecule has 0 aliphatic heterocycles. The molecule has 0 radical (unpaired) electrons. The van der Waals surface area contributed by atoms with E-state index in [2.05, 4.69) is 25.9 Å². The van der Waals surface area contributed by atoms with Crippen molar-refractivity contribution < 1.29 is 0 Å². The summed E-state index contributed by atoms with van der Waals surface area (Å²) in [6.45, 7) is 1.75. The molecule has 1 aromatic rings. The predicted molar refractivity (Wildman–Crippen MR) is 54.0 cm³/mol. The molecule has 0 saturated heterocycles. The molecule has 1 rings (SSSR count). The molecule has 6 heteroatoms. The summed E-state index contributed by atoms with van der Waals surface area (Å²) in [6.07, 6.45) is 0. The first-order valence-electron chi connectivity index (χ1n) is 3.05. The molecule has 0 bridgehead atoms. The van der Waals surface area contributed by atoms with E-state index < -0.39 is 0 Å². The maximum absolute atomic E-state index is 5.74. The Kier molecular flexibility index (Phi) is 3.58. The van der Waals surface area contributed by atoms with Gasteiger partial charge < -0.3 is 0 Å². The van der Waals surface area contributed by atoms with Crippen molar-refractivity contribution in [1.29, 1.82) is 0 Å². The zero-order valence-electron chi connectivity index (χ0n) is 5.98. The van der Waals surface area contributed by atoms with Gasteiger partial charge in [0, 0.05) is 0 Å². The van der Waals surface area contributed by atoms with E-state index in [9.17, 15) is 0 Å². The summed E-state index contributed by atoms with van der Waals surface area (Å²) >= 11 is 20.3. The lowest BCUT2D eigenvalue weighted by Gasteiger charge is -2.03. The largest absolute Gasteiger partial charge is 0.218 e. The molecule has 1 unspecified atom stereocenters. The van der Waals surface area contributed by atoms with Crippen LogP contribution in [0.5, 0.6) is 0 Å². The molecule has 0 saturated carbocycles. The second-order valence-corrected chi connectivity index (χ2v) is 4.26. The number of hydrogen-bond donors (Lipinski definition) is 0. The lowest BCUT2D eigenvalue weighted by atomic mass is 10.4. The molecule has 1 heterocycles. The third-order valence-electron chi connectivity index (χ3n) is 1.14. The minimum absolute atomic E-state index is 0.275. The van der Waals surface area contributed by atoms with E-state index in [4.69, 9.17) is 34.8 Å². The third kappa shape index (κ3) is 2.22. The quantitative estimate of drug-likeness (QED) is 0.580. The van der Waals surface area contributed by atoms with Gasteiger partial charge in [-0.1, -0.05) is 23.2 Å². The van der Waals surface area contributed by atoms with Crippen LogP contribution < -0.4 is 0 Å². The molecular formula is C6H4BrCl3N2. The van der Waals surface area contributed by atoms with Gasteiger partial charge >= 0.3 is 0 Å². The topological polar surface area (TPSA) is 25.8 Å². The molecule has 0 fully saturated rings. The Hall–Kier alpha value is 0.430. The van der Waals surface area contributed by atoms with Gasteiger partial charge in [0.1, 0.15) is 16.1 Å². The van der Waals surface area contributed by atoms with Gasteiger partial charge in [-0.2, -0.15) is 0 Å². The molecule has 66 valence electrons. The van der Waals surface area contributed by atoms with Gasteiger partial charge in [0.15, 0.2) is 0 Å². The van der Waals surface area contributed by atoms with Crippen molar-refractivity contribution in [2.75, 3.05) is 0 Å². The van der Waals surface area contributed by atoms with Crippen LogP contribution in [0.25, 0.3) is 0 Å². The first kappa shape index (κ1) is 10.5. The van der Waals surface area contributed by atoms with Crippen LogP contribution >= 0.6 is 50.7 Å². The zero-order chi connectivity index (χ0) is 9.30. The summed E-state index contributed by atoms with van der Waals surface area (Å²) in [7, 11) is 0. The van der Waals surface area contributed by atoms with Gasteiger partial charge in [-0.25, -0.2) is 9.97 Å². The summed E-state index contributed by atoms with van der Waals surface area (Å²) in [5.41, 5.74) is 0. The highest BCUT2D eigenvalue weighted by Gasteiger charge is 2.11. The number of hydrogen-bond acceptors (Lipinski definition) is 2. The van der Waals surface area contributed by atoms with Gasteiger partial charge in [-0.05, 0) is 22.9 Å². The van der Waals surface area contributed by atoms with E-state index in [1.807, 2.05) is 0 Å². The van der Waals surface area contributed by atoms with E-state index in [1.165, 1.54) is 0 Å². The molecule has 1 atom stereocenters. The molecular weight excluding hydrogens is 286 g/mol. The molecule has 0 aliphatic rings. The highest BCUT2D eigenvalue weighted by molar-refractivity contribution is 9.10. The van der Waals surface area contributed by atoms with Crippen LogP contribution in [0.3, 0.4) is 0 Å². The van der Waals surface area contributed by atoms with Crippen LogP contribution in [0.4, 0.5) is 0 Å². The maximum Gasteiger partial charge on any atom is 0.149 e. The van der Waals surface area contributed by atoms with E-state index in [0.29, 0.717) is 10.3 Å². The minimum Gasteiger partial charge on any atom is -0.218 e. The van der Waals surface area contributed by atoms with Crippen molar-refractivity contribution in [2.45, 2.75) is 12.3 Å². The van der Waals surface area contributed by atoms with Crippen LogP contribution in [-0.2, 0) is 0 Å². The Labute approximate surface area is 93.4 Å². The van der Waals surface area contributed by atoms with Crippen molar-refractivity contribution in [2.24, 2.45) is 0 Å². The lowest BCUT2D eigenvalue weighted by Crippen LogP contribution is -1.96. The number of halogens is 4. The number of aromatic nitrogens is 2. The number of nitrogens with zero attached hydrogens (tertiary/aromatic N) is 2. The van der Waals surface area contributed by atoms with Crippen LogP contribution in [0.2, 0.25) is 10.3 Å². The summed E-state index contributed by atoms with van der Waals surface area (Å²) in [6, 6.07) is 0. The summed E-state index contributed by atoms with van der Waals surface area (Å²) in [5.74, 6) is 0.426. The Balaban J connectivity index is 3.21. The van der Waals surface area contributed by atoms with Gasteiger partial charge in [-0.3, -0.25) is 0 Å². The smallest absolute Gasteiger partial charge is 0.149 e. The average molecular weight is 290 g/mol. The SMILES string of the molecule is CC(Cl)c1nc(Cl)c(Br)c(Cl)n1. The first-order chi connectivity index (χ1) is 5.52. The number of rotatable bonds is 1. The fraction of sp³-hybridized carbons (Fsp3) is 0.333. The molecule has 0 amide bonds. The highest BCUT2D eigenvalue weighted by atomic mass is 79.9. The fourth-order valence-corrected chi connectivity index (χ4v) is 1.26. The molecule has 1 aromatic heterocycles. The van der Waals surface area contributed by atoms with Crippen molar-refractivity contribution in [1.82, 2.24) is 9.97 Å². The molecule has 0 spiro atoms. The molecule has 0 aromatic carbocycles. The van der Waals surface area contributed by atoms with Crippen LogP contribution in [0.1, 0.15) is 18.1 Å². The van der Waals surface area contributed by atoms with Crippen LogP contribution in [0.15, 0.2) is 4.47 Å². The Morgan fingerprint density at radius 2 is 1.67 bits per heavy atom. The second kappa shape index (κ2) is 4.09. The van der Waals surface area contributed by atoms with Crippen LogP contribution in [-0.4, -0.2) is 9.97 Å². The van der Waals surface area contributed by atoms with Crippen molar-refractivity contribution >= 4 is 50.7 Å². The van der Waals surface area contributed by atoms with E-state index >= 15 is 0 Å². The monoisotopic (exact) mass is 288 g/mol. The average Bonchev–Trinajstić information content (AvgIpc) is 1.99. The summed E-state index contributed by atoms with van der Waals surface area (Å²) in [4.78, 5) is 7.85. The van der Waals surface area contributed by atoms with Crippen molar-refractivity contribution in [3.63, 3.8) is 0 Å². The standard InChI is InChI=1S/C6H4BrCl3N2/c1-2(8)6-11-4(9)3(7)5(10)12-6/h2H,1H3. The third-order valence-corrected chi connectivity index (χ3v) is 3.09. The molecule has 0 N–H and O–H groups in total. The van der Waals surface area contributed by atoms with Gasteiger partial charge in [0.05, 0.1) is 9.85 Å². The van der Waals surface area contributed by atoms with Gasteiger partial charge in [0.2, 0.25) is 0 Å². The van der Waals surface area contributed by atoms with E-state index in [0.717, 1.165) is 0 Å². The fourth-order valence-electron chi connectivity index (χ4n) is 0.587. The van der Waals surface area contributed by atoms with Gasteiger partial charge in [0.25, 0.3) is 0 Å². The second-order valence-electron chi connectivity index (χ2n) is 2.09.